The van der Waals surface area contributed by atoms with E-state index in [9.17, 15) is 5.11 Å². The van der Waals surface area contributed by atoms with Gasteiger partial charge in [-0.2, -0.15) is 0 Å². The highest BCUT2D eigenvalue weighted by Crippen LogP contribution is 2.34. The predicted octanol–water partition coefficient (Wildman–Crippen LogP) is 1.95. The number of nitrogens with zero attached hydrogens (tertiary/aromatic N) is 2. The number of rotatable bonds is 2. The second-order valence-corrected chi connectivity index (χ2v) is 5.02. The lowest BCUT2D eigenvalue weighted by molar-refractivity contribution is -0.0111. The van der Waals surface area contributed by atoms with Crippen LogP contribution >= 0.6 is 0 Å². The summed E-state index contributed by atoms with van der Waals surface area (Å²) in [6.07, 6.45) is 12.2. The normalized spacial score (nSPS) is 22.5. The molecule has 1 aromatic heterocycles. The van der Waals surface area contributed by atoms with Gasteiger partial charge in [-0.1, -0.05) is 32.1 Å². The maximum absolute atomic E-state index is 10.7. The summed E-state index contributed by atoms with van der Waals surface area (Å²) in [5.41, 5.74) is 6.24. The Balaban J connectivity index is 2.12. The van der Waals surface area contributed by atoms with Crippen LogP contribution < -0.4 is 5.73 Å². The molecule has 0 aromatic carbocycles. The van der Waals surface area contributed by atoms with Gasteiger partial charge in [0.05, 0.1) is 11.6 Å². The van der Waals surface area contributed by atoms with Crippen LogP contribution in [0.5, 0.6) is 0 Å². The van der Waals surface area contributed by atoms with Crippen LogP contribution in [-0.4, -0.2) is 20.7 Å². The van der Waals surface area contributed by atoms with Crippen molar-refractivity contribution >= 4 is 0 Å². The van der Waals surface area contributed by atoms with Crippen molar-refractivity contribution in [1.29, 1.82) is 0 Å². The molecule has 1 aliphatic carbocycles. The zero-order valence-electron chi connectivity index (χ0n) is 10.2. The first-order valence-electron chi connectivity index (χ1n) is 6.45. The van der Waals surface area contributed by atoms with Crippen molar-refractivity contribution < 1.29 is 5.11 Å². The quantitative estimate of drug-likeness (QED) is 0.822. The lowest BCUT2D eigenvalue weighted by atomic mass is 9.80. The van der Waals surface area contributed by atoms with Crippen LogP contribution in [0.4, 0.5) is 0 Å². The summed E-state index contributed by atoms with van der Waals surface area (Å²) < 4.78 is 0. The molecule has 1 unspecified atom stereocenters. The molecule has 0 bridgehead atoms. The Labute approximate surface area is 102 Å². The van der Waals surface area contributed by atoms with Crippen LogP contribution in [0.15, 0.2) is 18.7 Å². The van der Waals surface area contributed by atoms with E-state index in [2.05, 4.69) is 9.97 Å². The van der Waals surface area contributed by atoms with Gasteiger partial charge < -0.3 is 10.8 Å². The summed E-state index contributed by atoms with van der Waals surface area (Å²) in [5, 5.41) is 10.7. The molecule has 2 rings (SSSR count). The Morgan fingerprint density at radius 2 is 1.59 bits per heavy atom. The zero-order valence-corrected chi connectivity index (χ0v) is 10.2. The minimum Gasteiger partial charge on any atom is -0.388 e. The lowest BCUT2D eigenvalue weighted by Gasteiger charge is -2.35. The van der Waals surface area contributed by atoms with Crippen molar-refractivity contribution in [3.05, 3.63) is 24.3 Å². The molecule has 94 valence electrons. The number of nitrogens with two attached hydrogens (primary N) is 1. The molecule has 0 amide bonds. The Morgan fingerprint density at radius 1 is 1.06 bits per heavy atom. The highest BCUT2D eigenvalue weighted by molar-refractivity contribution is 5.14. The van der Waals surface area contributed by atoms with Gasteiger partial charge in [0.25, 0.3) is 0 Å². The smallest absolute Gasteiger partial charge is 0.115 e. The van der Waals surface area contributed by atoms with Gasteiger partial charge in [0.15, 0.2) is 0 Å². The monoisotopic (exact) mass is 235 g/mol. The third-order valence-corrected chi connectivity index (χ3v) is 3.74. The summed E-state index contributed by atoms with van der Waals surface area (Å²) in [7, 11) is 0. The molecule has 17 heavy (non-hydrogen) atoms. The fourth-order valence-electron chi connectivity index (χ4n) is 2.61. The van der Waals surface area contributed by atoms with Gasteiger partial charge in [0, 0.05) is 18.0 Å². The highest BCUT2D eigenvalue weighted by atomic mass is 16.3. The number of aromatic nitrogens is 2. The minimum absolute atomic E-state index is 0.373. The number of hydrogen-bond donors (Lipinski definition) is 2. The number of aliphatic hydroxyl groups is 1. The van der Waals surface area contributed by atoms with Crippen LogP contribution in [0.25, 0.3) is 0 Å². The Bertz CT molecular complexity index is 334. The molecule has 0 saturated heterocycles. The molecule has 1 saturated carbocycles. The van der Waals surface area contributed by atoms with E-state index in [0.29, 0.717) is 0 Å². The predicted molar refractivity (Wildman–Crippen MR) is 66.2 cm³/mol. The van der Waals surface area contributed by atoms with E-state index < -0.39 is 5.60 Å². The third kappa shape index (κ3) is 3.01. The summed E-state index contributed by atoms with van der Waals surface area (Å²) in [5.74, 6) is 0. The Kier molecular flexibility index (Phi) is 4.07. The molecule has 1 aromatic rings. The molecule has 0 aliphatic heterocycles. The molecule has 0 radical (unpaired) electrons. The molecular weight excluding hydrogens is 214 g/mol. The molecule has 1 fully saturated rings. The van der Waals surface area contributed by atoms with Gasteiger partial charge >= 0.3 is 0 Å². The van der Waals surface area contributed by atoms with Crippen LogP contribution in [-0.2, 0) is 0 Å². The molecule has 1 heterocycles. The fourth-order valence-corrected chi connectivity index (χ4v) is 2.61. The van der Waals surface area contributed by atoms with E-state index in [1.54, 1.807) is 12.4 Å². The largest absolute Gasteiger partial charge is 0.388 e. The summed E-state index contributed by atoms with van der Waals surface area (Å²) >= 11 is 0. The average molecular weight is 235 g/mol. The van der Waals surface area contributed by atoms with E-state index in [1.165, 1.54) is 25.6 Å². The topological polar surface area (TPSA) is 72.0 Å². The average Bonchev–Trinajstić information content (AvgIpc) is 2.34. The van der Waals surface area contributed by atoms with Crippen molar-refractivity contribution in [1.82, 2.24) is 9.97 Å². The zero-order chi connectivity index (χ0) is 12.1. The van der Waals surface area contributed by atoms with E-state index in [4.69, 9.17) is 5.73 Å². The number of hydrogen-bond acceptors (Lipinski definition) is 4. The Hall–Kier alpha value is -1.00. The van der Waals surface area contributed by atoms with Gasteiger partial charge in [0.2, 0.25) is 0 Å². The van der Waals surface area contributed by atoms with Crippen LogP contribution in [0.2, 0.25) is 0 Å². The molecule has 1 atom stereocenters. The van der Waals surface area contributed by atoms with Gasteiger partial charge in [-0.25, -0.2) is 9.97 Å². The molecule has 4 nitrogen and oxygen atoms in total. The summed E-state index contributed by atoms with van der Waals surface area (Å²) in [4.78, 5) is 7.94. The second-order valence-electron chi connectivity index (χ2n) is 5.02. The lowest BCUT2D eigenvalue weighted by Crippen LogP contribution is -2.41. The third-order valence-electron chi connectivity index (χ3n) is 3.74. The highest BCUT2D eigenvalue weighted by Gasteiger charge is 2.35. The van der Waals surface area contributed by atoms with Crippen molar-refractivity contribution in [2.75, 3.05) is 0 Å². The first-order valence-corrected chi connectivity index (χ1v) is 6.45. The first kappa shape index (κ1) is 12.5. The van der Waals surface area contributed by atoms with E-state index in [-0.39, 0.29) is 6.04 Å². The minimum atomic E-state index is -0.787. The summed E-state index contributed by atoms with van der Waals surface area (Å²) in [6, 6.07) is -0.373. The summed E-state index contributed by atoms with van der Waals surface area (Å²) in [6.45, 7) is 0. The van der Waals surface area contributed by atoms with Gasteiger partial charge in [-0.05, 0) is 12.8 Å². The fraction of sp³-hybridized carbons (Fsp3) is 0.692. The maximum Gasteiger partial charge on any atom is 0.115 e. The molecule has 4 heteroatoms. The maximum atomic E-state index is 10.7. The van der Waals surface area contributed by atoms with E-state index >= 15 is 0 Å². The molecular formula is C13H21N3O. The van der Waals surface area contributed by atoms with Crippen molar-refractivity contribution in [3.8, 4) is 0 Å². The van der Waals surface area contributed by atoms with Gasteiger partial charge in [0.1, 0.15) is 6.33 Å². The van der Waals surface area contributed by atoms with Gasteiger partial charge in [-0.15, -0.1) is 0 Å². The standard InChI is InChI=1S/C13H21N3O/c14-12(11-8-15-10-16-9-11)13(17)6-4-2-1-3-5-7-13/h8-10,12,17H,1-7,14H2. The first-order chi connectivity index (χ1) is 8.22. The van der Waals surface area contributed by atoms with Crippen molar-refractivity contribution in [2.24, 2.45) is 5.73 Å². The second kappa shape index (κ2) is 5.56. The van der Waals surface area contributed by atoms with E-state index in [1.807, 2.05) is 0 Å². The van der Waals surface area contributed by atoms with Gasteiger partial charge in [-0.3, -0.25) is 0 Å². The van der Waals surface area contributed by atoms with Crippen molar-refractivity contribution in [3.63, 3.8) is 0 Å². The molecule has 3 N–H and O–H groups in total. The van der Waals surface area contributed by atoms with E-state index in [0.717, 1.165) is 31.2 Å². The molecule has 0 spiro atoms. The van der Waals surface area contributed by atoms with Crippen LogP contribution in [0.3, 0.4) is 0 Å². The molecule has 1 aliphatic rings. The SMILES string of the molecule is NC(c1cncnc1)C1(O)CCCCCCC1. The van der Waals surface area contributed by atoms with Crippen LogP contribution in [0.1, 0.15) is 56.6 Å². The van der Waals surface area contributed by atoms with Crippen LogP contribution in [0, 0.1) is 0 Å². The Morgan fingerprint density at radius 3 is 2.18 bits per heavy atom. The van der Waals surface area contributed by atoms with Crippen molar-refractivity contribution in [2.45, 2.75) is 56.6 Å².